The first-order valence-corrected chi connectivity index (χ1v) is 5.60. The molecule has 0 fully saturated rings. The van der Waals surface area contributed by atoms with Gasteiger partial charge in [0.05, 0.1) is 11.9 Å². The van der Waals surface area contributed by atoms with Crippen LogP contribution < -0.4 is 11.2 Å². The second-order valence-electron chi connectivity index (χ2n) is 2.50. The summed E-state index contributed by atoms with van der Waals surface area (Å²) in [5, 5.41) is 12.2. The Bertz CT molecular complexity index is 391. The number of hydrogen-bond donors (Lipinski definition) is 2. The first kappa shape index (κ1) is 11.8. The van der Waals surface area contributed by atoms with Crippen molar-refractivity contribution in [3.63, 3.8) is 0 Å². The minimum absolute atomic E-state index is 0.112. The highest BCUT2D eigenvalue weighted by Crippen LogP contribution is 2.06. The van der Waals surface area contributed by atoms with E-state index in [1.807, 2.05) is 6.26 Å². The Labute approximate surface area is 96.8 Å². The summed E-state index contributed by atoms with van der Waals surface area (Å²) in [6.45, 7) is 1.78. The van der Waals surface area contributed by atoms with Crippen LogP contribution >= 0.6 is 24.0 Å². The van der Waals surface area contributed by atoms with Crippen molar-refractivity contribution in [3.8, 4) is 0 Å². The molecule has 0 bridgehead atoms. The van der Waals surface area contributed by atoms with Gasteiger partial charge in [-0.3, -0.25) is 5.43 Å². The van der Waals surface area contributed by atoms with E-state index in [2.05, 4.69) is 37.9 Å². The van der Waals surface area contributed by atoms with E-state index in [1.54, 1.807) is 6.92 Å². The molecule has 1 rings (SSSR count). The van der Waals surface area contributed by atoms with Crippen LogP contribution in [0.25, 0.3) is 0 Å². The Morgan fingerprint density at radius 3 is 3.00 bits per heavy atom. The van der Waals surface area contributed by atoms with E-state index in [9.17, 15) is 0 Å². The van der Waals surface area contributed by atoms with Crippen LogP contribution in [0.15, 0.2) is 16.5 Å². The third-order valence-corrected chi connectivity index (χ3v) is 2.06. The fraction of sp³-hybridized carbons (Fsp3) is 0.286. The largest absolute Gasteiger partial charge is 0.375 e. The van der Waals surface area contributed by atoms with Gasteiger partial charge in [0.2, 0.25) is 5.16 Å². The first-order chi connectivity index (χ1) is 7.13. The molecular formula is C7H10N6S2. The topological polar surface area (TPSA) is 89.1 Å². The quantitative estimate of drug-likeness (QED) is 0.337. The summed E-state index contributed by atoms with van der Waals surface area (Å²) in [5.41, 5.74) is 9.00. The van der Waals surface area contributed by atoms with Crippen molar-refractivity contribution < 1.29 is 0 Å². The van der Waals surface area contributed by atoms with E-state index in [1.165, 1.54) is 18.0 Å². The van der Waals surface area contributed by atoms with Crippen LogP contribution in [0.5, 0.6) is 0 Å². The molecule has 8 heteroatoms. The molecule has 1 heterocycles. The van der Waals surface area contributed by atoms with Crippen LogP contribution in [0.1, 0.15) is 12.6 Å². The van der Waals surface area contributed by atoms with Gasteiger partial charge in [0.15, 0.2) is 5.11 Å². The minimum atomic E-state index is 0.112. The van der Waals surface area contributed by atoms with Crippen molar-refractivity contribution in [1.82, 2.24) is 20.6 Å². The number of hydrazone groups is 1. The molecule has 0 atom stereocenters. The highest BCUT2D eigenvalue weighted by atomic mass is 32.2. The van der Waals surface area contributed by atoms with Gasteiger partial charge in [-0.25, -0.2) is 4.98 Å². The van der Waals surface area contributed by atoms with Crippen LogP contribution in [0.3, 0.4) is 0 Å². The molecule has 1 aromatic rings. The normalized spacial score (nSPS) is 11.2. The number of hydrogen-bond acceptors (Lipinski definition) is 6. The van der Waals surface area contributed by atoms with Crippen molar-refractivity contribution in [3.05, 3.63) is 11.9 Å². The second-order valence-corrected chi connectivity index (χ2v) is 3.71. The standard InChI is InChI=1S/C7H10N6S2/c1-4(11-12-6(8)14)5-3-9-13-7(10-5)15-2/h3H,1-2H3,(H3,8,12,14). The van der Waals surface area contributed by atoms with Crippen molar-refractivity contribution in [2.75, 3.05) is 6.26 Å². The van der Waals surface area contributed by atoms with Crippen molar-refractivity contribution in [2.45, 2.75) is 12.1 Å². The molecule has 3 N–H and O–H groups in total. The molecule has 0 aliphatic carbocycles. The molecule has 0 amide bonds. The van der Waals surface area contributed by atoms with Gasteiger partial charge in [-0.2, -0.15) is 10.2 Å². The molecule has 6 nitrogen and oxygen atoms in total. The predicted molar refractivity (Wildman–Crippen MR) is 63.7 cm³/mol. The van der Waals surface area contributed by atoms with Crippen LogP contribution in [0, 0.1) is 0 Å². The molecular weight excluding hydrogens is 232 g/mol. The molecule has 0 aliphatic rings. The number of aromatic nitrogens is 3. The number of rotatable bonds is 3. The first-order valence-electron chi connectivity index (χ1n) is 3.97. The Morgan fingerprint density at radius 1 is 1.67 bits per heavy atom. The minimum Gasteiger partial charge on any atom is -0.375 e. The van der Waals surface area contributed by atoms with Crippen LogP contribution in [-0.2, 0) is 0 Å². The maximum absolute atomic E-state index is 5.24. The second kappa shape index (κ2) is 5.56. The molecule has 0 unspecified atom stereocenters. The summed E-state index contributed by atoms with van der Waals surface area (Å²) < 4.78 is 0. The predicted octanol–water partition coefficient (Wildman–Crippen LogP) is 0.151. The van der Waals surface area contributed by atoms with E-state index in [0.717, 1.165) is 0 Å². The Kier molecular flexibility index (Phi) is 4.37. The van der Waals surface area contributed by atoms with Gasteiger partial charge >= 0.3 is 0 Å². The zero-order chi connectivity index (χ0) is 11.3. The highest BCUT2D eigenvalue weighted by Gasteiger charge is 2.02. The van der Waals surface area contributed by atoms with E-state index >= 15 is 0 Å². The third-order valence-electron chi connectivity index (χ3n) is 1.43. The molecule has 0 aliphatic heterocycles. The number of thiocarbonyl (C=S) groups is 1. The lowest BCUT2D eigenvalue weighted by Gasteiger charge is -2.01. The van der Waals surface area contributed by atoms with Crippen molar-refractivity contribution in [2.24, 2.45) is 10.8 Å². The van der Waals surface area contributed by atoms with E-state index in [4.69, 9.17) is 5.73 Å². The van der Waals surface area contributed by atoms with Crippen LogP contribution in [0.4, 0.5) is 0 Å². The van der Waals surface area contributed by atoms with Gasteiger partial charge in [0.25, 0.3) is 0 Å². The van der Waals surface area contributed by atoms with Crippen LogP contribution in [0.2, 0.25) is 0 Å². The van der Waals surface area contributed by atoms with E-state index in [0.29, 0.717) is 16.6 Å². The Morgan fingerprint density at radius 2 is 2.40 bits per heavy atom. The fourth-order valence-electron chi connectivity index (χ4n) is 0.744. The van der Waals surface area contributed by atoms with Gasteiger partial charge in [0, 0.05) is 0 Å². The maximum atomic E-state index is 5.24. The van der Waals surface area contributed by atoms with Gasteiger partial charge in [0.1, 0.15) is 5.69 Å². The maximum Gasteiger partial charge on any atom is 0.209 e. The number of nitrogens with zero attached hydrogens (tertiary/aromatic N) is 4. The van der Waals surface area contributed by atoms with Crippen molar-refractivity contribution >= 4 is 34.8 Å². The van der Waals surface area contributed by atoms with Gasteiger partial charge < -0.3 is 5.73 Å². The molecule has 0 saturated heterocycles. The summed E-state index contributed by atoms with van der Waals surface area (Å²) in [5.74, 6) is 0. The van der Waals surface area contributed by atoms with Gasteiger partial charge in [-0.1, -0.05) is 11.8 Å². The summed E-state index contributed by atoms with van der Waals surface area (Å²) in [6.07, 6.45) is 3.40. The van der Waals surface area contributed by atoms with Gasteiger partial charge in [-0.05, 0) is 25.4 Å². The lowest BCUT2D eigenvalue weighted by molar-refractivity contribution is 0.831. The molecule has 15 heavy (non-hydrogen) atoms. The van der Waals surface area contributed by atoms with Crippen molar-refractivity contribution in [1.29, 1.82) is 0 Å². The Hall–Kier alpha value is -1.28. The summed E-state index contributed by atoms with van der Waals surface area (Å²) in [4.78, 5) is 4.20. The fourth-order valence-corrected chi connectivity index (χ4v) is 1.11. The summed E-state index contributed by atoms with van der Waals surface area (Å²) >= 11 is 6.03. The molecule has 80 valence electrons. The summed E-state index contributed by atoms with van der Waals surface area (Å²) in [7, 11) is 0. The zero-order valence-electron chi connectivity index (χ0n) is 8.26. The monoisotopic (exact) mass is 242 g/mol. The molecule has 1 aromatic heterocycles. The molecule has 0 spiro atoms. The average Bonchev–Trinajstić information content (AvgIpc) is 2.26. The highest BCUT2D eigenvalue weighted by molar-refractivity contribution is 7.98. The Balaban J connectivity index is 2.85. The number of thioether (sulfide) groups is 1. The van der Waals surface area contributed by atoms with E-state index in [-0.39, 0.29) is 5.11 Å². The SMILES string of the molecule is CSc1nncc(C(C)=NNC(N)=S)n1. The van der Waals surface area contributed by atoms with Gasteiger partial charge in [-0.15, -0.1) is 5.10 Å². The zero-order valence-corrected chi connectivity index (χ0v) is 9.89. The number of nitrogens with one attached hydrogen (secondary N) is 1. The molecule has 0 saturated carbocycles. The lowest BCUT2D eigenvalue weighted by atomic mass is 10.3. The third kappa shape index (κ3) is 3.76. The molecule has 0 aromatic carbocycles. The smallest absolute Gasteiger partial charge is 0.209 e. The average molecular weight is 242 g/mol. The van der Waals surface area contributed by atoms with E-state index < -0.39 is 0 Å². The lowest BCUT2D eigenvalue weighted by Crippen LogP contribution is -2.25. The van der Waals surface area contributed by atoms with Crippen LogP contribution in [-0.4, -0.2) is 32.3 Å². The summed E-state index contributed by atoms with van der Waals surface area (Å²) in [6, 6.07) is 0. The number of nitrogens with two attached hydrogens (primary N) is 1. The molecule has 0 radical (unpaired) electrons.